The smallest absolute Gasteiger partial charge is 0.271 e. The van der Waals surface area contributed by atoms with Gasteiger partial charge in [-0.15, -0.1) is 11.3 Å². The number of aromatic amines is 1. The van der Waals surface area contributed by atoms with Gasteiger partial charge in [0.25, 0.3) is 5.91 Å². The van der Waals surface area contributed by atoms with Crippen molar-refractivity contribution in [1.82, 2.24) is 35.6 Å². The summed E-state index contributed by atoms with van der Waals surface area (Å²) in [7, 11) is 0. The van der Waals surface area contributed by atoms with Crippen LogP contribution in [0, 0.1) is 5.92 Å². The van der Waals surface area contributed by atoms with Crippen LogP contribution in [0.25, 0.3) is 11.6 Å². The third-order valence-electron chi connectivity index (χ3n) is 3.44. The summed E-state index contributed by atoms with van der Waals surface area (Å²) in [5.41, 5.74) is 0.356. The van der Waals surface area contributed by atoms with Crippen molar-refractivity contribution in [2.75, 3.05) is 11.9 Å². The lowest BCUT2D eigenvalue weighted by molar-refractivity contribution is 0.0918. The Morgan fingerprint density at radius 2 is 2.23 bits per heavy atom. The molecule has 10 nitrogen and oxygen atoms in total. The fourth-order valence-electron chi connectivity index (χ4n) is 2.32. The Morgan fingerprint density at radius 1 is 1.38 bits per heavy atom. The summed E-state index contributed by atoms with van der Waals surface area (Å²) in [5, 5.41) is 18.8. The average molecular weight is 376 g/mol. The Morgan fingerprint density at radius 3 is 2.92 bits per heavy atom. The molecule has 1 unspecified atom stereocenters. The highest BCUT2D eigenvalue weighted by Crippen LogP contribution is 2.23. The van der Waals surface area contributed by atoms with Crippen molar-refractivity contribution in [1.29, 1.82) is 0 Å². The predicted octanol–water partition coefficient (Wildman–Crippen LogP) is 2.26. The van der Waals surface area contributed by atoms with Crippen LogP contribution in [0.2, 0.25) is 0 Å². The predicted molar refractivity (Wildman–Crippen MR) is 95.6 cm³/mol. The van der Waals surface area contributed by atoms with Crippen molar-refractivity contribution in [3.8, 4) is 11.6 Å². The second-order valence-corrected chi connectivity index (χ2v) is 6.87. The lowest BCUT2D eigenvalue weighted by Gasteiger charge is -2.16. The highest BCUT2D eigenvalue weighted by molar-refractivity contribution is 7.13. The SMILES string of the molecule is CCNc1nc(C(=O)NC(CC(C)C)c2nc(-c3ncn[nH]3)no2)cs1. The summed E-state index contributed by atoms with van der Waals surface area (Å²) < 4.78 is 5.34. The molecule has 0 aliphatic heterocycles. The van der Waals surface area contributed by atoms with Gasteiger partial charge in [0.05, 0.1) is 0 Å². The number of anilines is 1. The molecule has 1 atom stereocenters. The molecule has 0 aliphatic rings. The monoisotopic (exact) mass is 376 g/mol. The molecule has 11 heteroatoms. The van der Waals surface area contributed by atoms with Crippen molar-refractivity contribution in [2.45, 2.75) is 33.2 Å². The Hall–Kier alpha value is -2.82. The molecular weight excluding hydrogens is 356 g/mol. The van der Waals surface area contributed by atoms with Gasteiger partial charge < -0.3 is 15.2 Å². The molecule has 0 bridgehead atoms. The van der Waals surface area contributed by atoms with E-state index in [2.05, 4.69) is 54.8 Å². The minimum Gasteiger partial charge on any atom is -0.362 e. The van der Waals surface area contributed by atoms with E-state index >= 15 is 0 Å². The minimum atomic E-state index is -0.420. The third kappa shape index (κ3) is 4.23. The average Bonchev–Trinajstić information content (AvgIpc) is 3.34. The summed E-state index contributed by atoms with van der Waals surface area (Å²) in [6.45, 7) is 6.83. The second kappa shape index (κ2) is 8.04. The van der Waals surface area contributed by atoms with Gasteiger partial charge in [0.15, 0.2) is 11.0 Å². The Balaban J connectivity index is 1.76. The topological polar surface area (TPSA) is 135 Å². The molecule has 1 amide bonds. The number of nitrogens with one attached hydrogen (secondary N) is 3. The van der Waals surface area contributed by atoms with Gasteiger partial charge in [-0.1, -0.05) is 19.0 Å². The number of amides is 1. The quantitative estimate of drug-likeness (QED) is 0.545. The maximum atomic E-state index is 12.5. The van der Waals surface area contributed by atoms with Gasteiger partial charge in [0.2, 0.25) is 11.7 Å². The zero-order valence-corrected chi connectivity index (χ0v) is 15.5. The van der Waals surface area contributed by atoms with E-state index in [1.807, 2.05) is 6.92 Å². The third-order valence-corrected chi connectivity index (χ3v) is 4.24. The van der Waals surface area contributed by atoms with Gasteiger partial charge in [0.1, 0.15) is 18.1 Å². The van der Waals surface area contributed by atoms with Crippen LogP contribution >= 0.6 is 11.3 Å². The van der Waals surface area contributed by atoms with Crippen molar-refractivity contribution in [3.05, 3.63) is 23.3 Å². The number of rotatable bonds is 8. The number of carbonyl (C=O) groups is 1. The van der Waals surface area contributed by atoms with Gasteiger partial charge in [0, 0.05) is 11.9 Å². The number of nitrogens with zero attached hydrogens (tertiary/aromatic N) is 5. The summed E-state index contributed by atoms with van der Waals surface area (Å²) in [5.74, 6) is 1.05. The summed E-state index contributed by atoms with van der Waals surface area (Å²) in [6, 6.07) is -0.420. The first-order valence-electron chi connectivity index (χ1n) is 8.26. The van der Waals surface area contributed by atoms with E-state index in [0.29, 0.717) is 40.7 Å². The van der Waals surface area contributed by atoms with Crippen molar-refractivity contribution >= 4 is 22.4 Å². The number of hydrogen-bond acceptors (Lipinski definition) is 9. The molecule has 3 N–H and O–H groups in total. The molecule has 3 rings (SSSR count). The van der Waals surface area contributed by atoms with Crippen LogP contribution < -0.4 is 10.6 Å². The van der Waals surface area contributed by atoms with Crippen molar-refractivity contribution in [3.63, 3.8) is 0 Å². The molecule has 3 heterocycles. The number of carbonyl (C=O) groups excluding carboxylic acids is 1. The summed E-state index contributed by atoms with van der Waals surface area (Å²) in [4.78, 5) is 25.2. The van der Waals surface area contributed by atoms with Crippen LogP contribution in [0.15, 0.2) is 16.2 Å². The normalized spacial score (nSPS) is 12.3. The molecule has 0 fully saturated rings. The fourth-order valence-corrected chi connectivity index (χ4v) is 3.08. The van der Waals surface area contributed by atoms with Gasteiger partial charge in [-0.2, -0.15) is 10.1 Å². The van der Waals surface area contributed by atoms with Crippen LogP contribution in [-0.4, -0.2) is 42.8 Å². The van der Waals surface area contributed by atoms with Crippen LogP contribution in [0.5, 0.6) is 0 Å². The number of H-pyrrole nitrogens is 1. The van der Waals surface area contributed by atoms with E-state index in [-0.39, 0.29) is 5.91 Å². The molecule has 26 heavy (non-hydrogen) atoms. The maximum Gasteiger partial charge on any atom is 0.271 e. The van der Waals surface area contributed by atoms with Crippen LogP contribution in [0.4, 0.5) is 5.13 Å². The molecule has 0 radical (unpaired) electrons. The lowest BCUT2D eigenvalue weighted by atomic mass is 10.0. The molecular formula is C15H20N8O2S. The molecule has 0 saturated heterocycles. The van der Waals surface area contributed by atoms with Crippen LogP contribution in [0.3, 0.4) is 0 Å². The fraction of sp³-hybridized carbons (Fsp3) is 0.467. The molecule has 0 aromatic carbocycles. The maximum absolute atomic E-state index is 12.5. The van der Waals surface area contributed by atoms with E-state index in [4.69, 9.17) is 4.52 Å². The Kier molecular flexibility index (Phi) is 5.56. The van der Waals surface area contributed by atoms with E-state index < -0.39 is 6.04 Å². The first kappa shape index (κ1) is 18.0. The molecule has 0 saturated carbocycles. The van der Waals surface area contributed by atoms with Gasteiger partial charge in [-0.25, -0.2) is 9.97 Å². The zero-order chi connectivity index (χ0) is 18.5. The molecule has 138 valence electrons. The van der Waals surface area contributed by atoms with E-state index in [1.165, 1.54) is 17.7 Å². The van der Waals surface area contributed by atoms with Gasteiger partial charge in [-0.3, -0.25) is 9.89 Å². The molecule has 3 aromatic rings. The Bertz CT molecular complexity index is 842. The first-order valence-corrected chi connectivity index (χ1v) is 9.14. The molecule has 0 aliphatic carbocycles. The van der Waals surface area contributed by atoms with Crippen LogP contribution in [0.1, 0.15) is 49.6 Å². The highest BCUT2D eigenvalue weighted by atomic mass is 32.1. The molecule has 0 spiro atoms. The zero-order valence-electron chi connectivity index (χ0n) is 14.7. The first-order chi connectivity index (χ1) is 12.6. The second-order valence-electron chi connectivity index (χ2n) is 6.01. The number of hydrogen-bond donors (Lipinski definition) is 3. The van der Waals surface area contributed by atoms with E-state index in [0.717, 1.165) is 6.54 Å². The summed E-state index contributed by atoms with van der Waals surface area (Å²) in [6.07, 6.45) is 2.01. The number of aromatic nitrogens is 6. The van der Waals surface area contributed by atoms with Crippen LogP contribution in [-0.2, 0) is 0 Å². The van der Waals surface area contributed by atoms with Crippen molar-refractivity contribution < 1.29 is 9.32 Å². The summed E-state index contributed by atoms with van der Waals surface area (Å²) >= 11 is 1.39. The lowest BCUT2D eigenvalue weighted by Crippen LogP contribution is -2.30. The highest BCUT2D eigenvalue weighted by Gasteiger charge is 2.25. The molecule has 3 aromatic heterocycles. The standard InChI is InChI=1S/C15H20N8O2S/c1-4-16-15-20-10(6-26-15)13(24)19-9(5-8(2)3)14-21-12(23-25-14)11-17-7-18-22-11/h6-9H,4-5H2,1-3H3,(H,16,20)(H,19,24)(H,17,18,22). The van der Waals surface area contributed by atoms with E-state index in [9.17, 15) is 4.79 Å². The number of thiazole rings is 1. The largest absolute Gasteiger partial charge is 0.362 e. The minimum absolute atomic E-state index is 0.282. The van der Waals surface area contributed by atoms with Gasteiger partial charge >= 0.3 is 0 Å². The Labute approximate surface area is 153 Å². The van der Waals surface area contributed by atoms with E-state index in [1.54, 1.807) is 5.38 Å². The van der Waals surface area contributed by atoms with Crippen molar-refractivity contribution in [2.24, 2.45) is 5.92 Å². The van der Waals surface area contributed by atoms with Gasteiger partial charge in [-0.05, 0) is 19.3 Å².